The first kappa shape index (κ1) is 10.6. The zero-order valence-corrected chi connectivity index (χ0v) is 9.13. The van der Waals surface area contributed by atoms with Gasteiger partial charge in [0.1, 0.15) is 0 Å². The zero-order valence-electron chi connectivity index (χ0n) is 8.24. The number of hydrogen-bond acceptors (Lipinski definition) is 1. The van der Waals surface area contributed by atoms with Gasteiger partial charge in [0.25, 0.3) is 0 Å². The van der Waals surface area contributed by atoms with Gasteiger partial charge in [-0.3, -0.25) is 0 Å². The molecule has 1 aromatic rings. The molecule has 1 atom stereocenters. The van der Waals surface area contributed by atoms with Crippen LogP contribution in [0.25, 0.3) is 0 Å². The molecule has 0 fully saturated rings. The Hall–Kier alpha value is -0.430. The number of hydrogen-bond donors (Lipinski definition) is 1. The van der Waals surface area contributed by atoms with Gasteiger partial charge >= 0.3 is 0 Å². The van der Waals surface area contributed by atoms with E-state index in [1.165, 1.54) is 24.8 Å². The number of thiol groups is 1. The van der Waals surface area contributed by atoms with E-state index < -0.39 is 0 Å². The summed E-state index contributed by atoms with van der Waals surface area (Å²) in [5.74, 6) is 1.61. The van der Waals surface area contributed by atoms with Crippen molar-refractivity contribution in [2.45, 2.75) is 32.1 Å². The number of rotatable bonds is 5. The van der Waals surface area contributed by atoms with Crippen LogP contribution in [0, 0.1) is 0 Å². The monoisotopic (exact) mass is 194 g/mol. The van der Waals surface area contributed by atoms with E-state index in [0.29, 0.717) is 5.92 Å². The summed E-state index contributed by atoms with van der Waals surface area (Å²) >= 11 is 4.40. The molecule has 1 aromatic carbocycles. The third-order valence-electron chi connectivity index (χ3n) is 2.40. The lowest BCUT2D eigenvalue weighted by Crippen LogP contribution is -1.99. The van der Waals surface area contributed by atoms with Crippen LogP contribution in [0.4, 0.5) is 0 Å². The molecule has 0 saturated heterocycles. The van der Waals surface area contributed by atoms with Crippen LogP contribution in [-0.4, -0.2) is 5.75 Å². The van der Waals surface area contributed by atoms with Crippen LogP contribution >= 0.6 is 12.6 Å². The average Bonchev–Trinajstić information content (AvgIpc) is 2.21. The third-order valence-corrected chi connectivity index (χ3v) is 2.84. The lowest BCUT2D eigenvalue weighted by Gasteiger charge is -2.13. The lowest BCUT2D eigenvalue weighted by molar-refractivity contribution is 0.632. The molecule has 0 heterocycles. The Morgan fingerprint density at radius 1 is 1.23 bits per heavy atom. The second-order valence-electron chi connectivity index (χ2n) is 3.43. The minimum atomic E-state index is 0.643. The van der Waals surface area contributed by atoms with E-state index in [1.807, 2.05) is 0 Å². The first-order chi connectivity index (χ1) is 6.38. The van der Waals surface area contributed by atoms with Crippen LogP contribution in [0.3, 0.4) is 0 Å². The highest BCUT2D eigenvalue weighted by atomic mass is 32.1. The van der Waals surface area contributed by atoms with Gasteiger partial charge in [-0.2, -0.15) is 12.6 Å². The van der Waals surface area contributed by atoms with Crippen LogP contribution in [-0.2, 0) is 0 Å². The fraction of sp³-hybridized carbons (Fsp3) is 0.500. The Bertz CT molecular complexity index is 218. The molecule has 0 aromatic heterocycles. The highest BCUT2D eigenvalue weighted by Gasteiger charge is 2.07. The van der Waals surface area contributed by atoms with Gasteiger partial charge in [-0.25, -0.2) is 0 Å². The number of benzene rings is 1. The Morgan fingerprint density at radius 3 is 2.46 bits per heavy atom. The molecule has 0 aliphatic heterocycles. The average molecular weight is 194 g/mol. The van der Waals surface area contributed by atoms with E-state index in [0.717, 1.165) is 5.75 Å². The number of unbranched alkanes of at least 4 members (excludes halogenated alkanes) is 1. The predicted octanol–water partition coefficient (Wildman–Crippen LogP) is 3.89. The summed E-state index contributed by atoms with van der Waals surface area (Å²) in [6.07, 6.45) is 3.85. The maximum Gasteiger partial charge on any atom is -0.00289 e. The van der Waals surface area contributed by atoms with Crippen molar-refractivity contribution in [2.75, 3.05) is 5.75 Å². The molecule has 72 valence electrons. The van der Waals surface area contributed by atoms with E-state index in [-0.39, 0.29) is 0 Å². The molecule has 13 heavy (non-hydrogen) atoms. The summed E-state index contributed by atoms with van der Waals surface area (Å²) in [4.78, 5) is 0. The van der Waals surface area contributed by atoms with E-state index in [1.54, 1.807) is 0 Å². The van der Waals surface area contributed by atoms with Gasteiger partial charge in [-0.15, -0.1) is 0 Å². The summed E-state index contributed by atoms with van der Waals surface area (Å²) in [5, 5.41) is 0. The van der Waals surface area contributed by atoms with Crippen molar-refractivity contribution in [1.29, 1.82) is 0 Å². The molecule has 0 N–H and O–H groups in total. The van der Waals surface area contributed by atoms with E-state index in [2.05, 4.69) is 49.9 Å². The van der Waals surface area contributed by atoms with E-state index in [9.17, 15) is 0 Å². The molecule has 1 heteroatoms. The topological polar surface area (TPSA) is 0 Å². The molecule has 1 rings (SSSR count). The largest absolute Gasteiger partial charge is 0.179 e. The van der Waals surface area contributed by atoms with Gasteiger partial charge < -0.3 is 0 Å². The van der Waals surface area contributed by atoms with Crippen LogP contribution < -0.4 is 0 Å². The van der Waals surface area contributed by atoms with Crippen LogP contribution in [0.2, 0.25) is 0 Å². The van der Waals surface area contributed by atoms with Gasteiger partial charge in [0.15, 0.2) is 0 Å². The Balaban J connectivity index is 2.56. The van der Waals surface area contributed by atoms with Gasteiger partial charge in [0, 0.05) is 0 Å². The Labute approximate surface area is 86.8 Å². The third kappa shape index (κ3) is 3.43. The molecule has 0 saturated carbocycles. The van der Waals surface area contributed by atoms with Gasteiger partial charge in [0.2, 0.25) is 0 Å². The summed E-state index contributed by atoms with van der Waals surface area (Å²) in [5.41, 5.74) is 1.44. The molecule has 0 spiro atoms. The van der Waals surface area contributed by atoms with E-state index in [4.69, 9.17) is 0 Å². The second-order valence-corrected chi connectivity index (χ2v) is 3.80. The SMILES string of the molecule is CCCCC(CS)c1ccccc1. The maximum atomic E-state index is 4.40. The molecule has 0 bridgehead atoms. The first-order valence-corrected chi connectivity index (χ1v) is 5.67. The molecule has 0 aliphatic carbocycles. The standard InChI is InChI=1S/C12H18S/c1-2-3-7-12(10-13)11-8-5-4-6-9-11/h4-6,8-9,12-13H,2-3,7,10H2,1H3. The van der Waals surface area contributed by atoms with Crippen molar-refractivity contribution in [3.63, 3.8) is 0 Å². The maximum absolute atomic E-state index is 4.40. The highest BCUT2D eigenvalue weighted by Crippen LogP contribution is 2.22. The Kier molecular flexibility index (Phi) is 4.99. The normalized spacial score (nSPS) is 12.8. The quantitative estimate of drug-likeness (QED) is 0.675. The molecular weight excluding hydrogens is 176 g/mol. The first-order valence-electron chi connectivity index (χ1n) is 5.04. The fourth-order valence-corrected chi connectivity index (χ4v) is 1.93. The second kappa shape index (κ2) is 6.09. The fourth-order valence-electron chi connectivity index (χ4n) is 1.54. The van der Waals surface area contributed by atoms with Crippen molar-refractivity contribution in [3.05, 3.63) is 35.9 Å². The van der Waals surface area contributed by atoms with Crippen molar-refractivity contribution in [3.8, 4) is 0 Å². The lowest BCUT2D eigenvalue weighted by atomic mass is 9.95. The highest BCUT2D eigenvalue weighted by molar-refractivity contribution is 7.80. The Morgan fingerprint density at radius 2 is 1.92 bits per heavy atom. The minimum Gasteiger partial charge on any atom is -0.179 e. The summed E-state index contributed by atoms with van der Waals surface area (Å²) in [7, 11) is 0. The van der Waals surface area contributed by atoms with Crippen LogP contribution in [0.1, 0.15) is 37.7 Å². The van der Waals surface area contributed by atoms with Crippen molar-refractivity contribution < 1.29 is 0 Å². The van der Waals surface area contributed by atoms with Crippen molar-refractivity contribution in [2.24, 2.45) is 0 Å². The molecule has 1 unspecified atom stereocenters. The zero-order chi connectivity index (χ0) is 9.52. The summed E-state index contributed by atoms with van der Waals surface area (Å²) in [6, 6.07) is 10.7. The van der Waals surface area contributed by atoms with Crippen molar-refractivity contribution in [1.82, 2.24) is 0 Å². The van der Waals surface area contributed by atoms with Gasteiger partial charge in [-0.05, 0) is 23.7 Å². The van der Waals surface area contributed by atoms with Crippen molar-refractivity contribution >= 4 is 12.6 Å². The van der Waals surface area contributed by atoms with Gasteiger partial charge in [0.05, 0.1) is 0 Å². The smallest absolute Gasteiger partial charge is 0.00289 e. The van der Waals surface area contributed by atoms with Crippen LogP contribution in [0.5, 0.6) is 0 Å². The minimum absolute atomic E-state index is 0.643. The predicted molar refractivity (Wildman–Crippen MR) is 62.6 cm³/mol. The van der Waals surface area contributed by atoms with Gasteiger partial charge in [-0.1, -0.05) is 50.1 Å². The summed E-state index contributed by atoms with van der Waals surface area (Å²) < 4.78 is 0. The molecule has 0 nitrogen and oxygen atoms in total. The van der Waals surface area contributed by atoms with Crippen LogP contribution in [0.15, 0.2) is 30.3 Å². The molecule has 0 aliphatic rings. The van der Waals surface area contributed by atoms with E-state index >= 15 is 0 Å². The molecule has 0 amide bonds. The molecular formula is C12H18S. The molecule has 0 radical (unpaired) electrons. The summed E-state index contributed by atoms with van der Waals surface area (Å²) in [6.45, 7) is 2.24.